The van der Waals surface area contributed by atoms with E-state index in [-0.39, 0.29) is 5.97 Å². The molecule has 0 fully saturated rings. The molecule has 0 aliphatic rings. The average molecular weight is 220 g/mol. The number of aromatic nitrogens is 1. The van der Waals surface area contributed by atoms with Crippen LogP contribution in [0.25, 0.3) is 10.8 Å². The van der Waals surface area contributed by atoms with E-state index in [9.17, 15) is 4.79 Å². The third kappa shape index (κ3) is 2.55. The highest BCUT2D eigenvalue weighted by Gasteiger charge is 2.05. The first-order chi connectivity index (χ1) is 7.81. The highest BCUT2D eigenvalue weighted by molar-refractivity contribution is 5.94. The van der Waals surface area contributed by atoms with Gasteiger partial charge in [0.15, 0.2) is 12.4 Å². The summed E-state index contributed by atoms with van der Waals surface area (Å²) in [6.45, 7) is 0. The lowest BCUT2D eigenvalue weighted by Gasteiger charge is -1.99. The molecule has 0 saturated carbocycles. The van der Waals surface area contributed by atoms with Crippen LogP contribution in [-0.2, 0) is 4.74 Å². The molecule has 2 rings (SSSR count). The van der Waals surface area contributed by atoms with Crippen molar-refractivity contribution in [1.82, 2.24) is 0 Å². The molecule has 0 aliphatic carbocycles. The highest BCUT2D eigenvalue weighted by atomic mass is 16.5. The van der Waals surface area contributed by atoms with Crippen molar-refractivity contribution < 1.29 is 19.6 Å². The van der Waals surface area contributed by atoms with Crippen molar-refractivity contribution in [2.24, 2.45) is 0 Å². The number of aliphatic hydroxyl groups excluding tert-OH is 1. The van der Waals surface area contributed by atoms with Gasteiger partial charge in [-0.3, -0.25) is 0 Å². The van der Waals surface area contributed by atoms with Gasteiger partial charge in [-0.05, 0) is 23.6 Å². The van der Waals surface area contributed by atoms with Crippen LogP contribution in [0.2, 0.25) is 0 Å². The number of hydrogen-bond donors (Lipinski definition) is 1. The second kappa shape index (κ2) is 5.82. The molecule has 0 radical (unpaired) electrons. The standard InChI is InChI=1S/C11H9NO2.CH4O/c1-14-11(13)9-2-3-10-7-12-5-4-8(10)6-9;1-2/h2-7H,1H3;2H,1H3/p+1. The van der Waals surface area contributed by atoms with Gasteiger partial charge >= 0.3 is 5.97 Å². The molecule has 1 aromatic carbocycles. The fraction of sp³-hybridized carbons (Fsp3) is 0.167. The fourth-order valence-corrected chi connectivity index (χ4v) is 1.37. The molecule has 16 heavy (non-hydrogen) atoms. The van der Waals surface area contributed by atoms with Gasteiger partial charge in [0.2, 0.25) is 0 Å². The first-order valence-electron chi connectivity index (χ1n) is 4.74. The molecule has 0 unspecified atom stereocenters. The number of aromatic amines is 1. The average Bonchev–Trinajstić information content (AvgIpc) is 2.39. The highest BCUT2D eigenvalue weighted by Crippen LogP contribution is 2.13. The van der Waals surface area contributed by atoms with Gasteiger partial charge in [-0.1, -0.05) is 0 Å². The summed E-state index contributed by atoms with van der Waals surface area (Å²) in [5.74, 6) is -0.306. The quantitative estimate of drug-likeness (QED) is 0.731. The lowest BCUT2D eigenvalue weighted by atomic mass is 10.1. The lowest BCUT2D eigenvalue weighted by molar-refractivity contribution is -0.375. The zero-order valence-corrected chi connectivity index (χ0v) is 9.23. The minimum absolute atomic E-state index is 0.306. The van der Waals surface area contributed by atoms with Crippen molar-refractivity contribution >= 4 is 16.7 Å². The summed E-state index contributed by atoms with van der Waals surface area (Å²) in [7, 11) is 2.38. The van der Waals surface area contributed by atoms with Crippen molar-refractivity contribution in [2.75, 3.05) is 14.2 Å². The zero-order valence-electron chi connectivity index (χ0n) is 9.23. The lowest BCUT2D eigenvalue weighted by Crippen LogP contribution is -2.02. The van der Waals surface area contributed by atoms with E-state index >= 15 is 0 Å². The maximum absolute atomic E-state index is 11.2. The second-order valence-corrected chi connectivity index (χ2v) is 2.98. The van der Waals surface area contributed by atoms with Gasteiger partial charge in [0.1, 0.15) is 0 Å². The van der Waals surface area contributed by atoms with Crippen LogP contribution < -0.4 is 4.98 Å². The fourth-order valence-electron chi connectivity index (χ4n) is 1.37. The molecule has 0 amide bonds. The van der Waals surface area contributed by atoms with Crippen LogP contribution >= 0.6 is 0 Å². The van der Waals surface area contributed by atoms with Crippen LogP contribution in [0.5, 0.6) is 0 Å². The van der Waals surface area contributed by atoms with Crippen LogP contribution in [0.15, 0.2) is 36.7 Å². The Bertz CT molecular complexity index is 482. The van der Waals surface area contributed by atoms with Gasteiger partial charge < -0.3 is 9.84 Å². The minimum Gasteiger partial charge on any atom is -0.465 e. The molecule has 0 spiro atoms. The number of H-pyrrole nitrogens is 1. The number of rotatable bonds is 1. The summed E-state index contributed by atoms with van der Waals surface area (Å²) in [5, 5.41) is 9.09. The largest absolute Gasteiger partial charge is 0.465 e. The number of carbonyl (C=O) groups excluding carboxylic acids is 1. The molecular weight excluding hydrogens is 206 g/mol. The molecular formula is C12H14NO3+. The predicted molar refractivity (Wildman–Crippen MR) is 60.0 cm³/mol. The van der Waals surface area contributed by atoms with Gasteiger partial charge in [0.25, 0.3) is 0 Å². The van der Waals surface area contributed by atoms with E-state index in [0.29, 0.717) is 5.56 Å². The second-order valence-electron chi connectivity index (χ2n) is 2.98. The van der Waals surface area contributed by atoms with E-state index in [0.717, 1.165) is 17.9 Å². The number of esters is 1. The van der Waals surface area contributed by atoms with E-state index in [2.05, 4.69) is 9.72 Å². The minimum atomic E-state index is -0.306. The van der Waals surface area contributed by atoms with Crippen LogP contribution in [0, 0.1) is 0 Å². The Hall–Kier alpha value is -1.94. The number of methoxy groups -OCH3 is 1. The van der Waals surface area contributed by atoms with Crippen LogP contribution in [-0.4, -0.2) is 25.3 Å². The molecule has 2 aromatic rings. The first kappa shape index (κ1) is 12.1. The molecule has 4 nitrogen and oxygen atoms in total. The summed E-state index contributed by atoms with van der Waals surface area (Å²) in [6, 6.07) is 7.37. The number of ether oxygens (including phenoxy) is 1. The van der Waals surface area contributed by atoms with Crippen molar-refractivity contribution in [3.05, 3.63) is 42.2 Å². The Morgan fingerprint density at radius 2 is 2.00 bits per heavy atom. The number of hydrogen-bond acceptors (Lipinski definition) is 3. The molecule has 2 N–H and O–H groups in total. The smallest absolute Gasteiger partial charge is 0.337 e. The Labute approximate surface area is 93.5 Å². The Morgan fingerprint density at radius 3 is 2.69 bits per heavy atom. The normalized spacial score (nSPS) is 9.19. The molecule has 84 valence electrons. The molecule has 0 bridgehead atoms. The van der Waals surface area contributed by atoms with E-state index in [4.69, 9.17) is 5.11 Å². The predicted octanol–water partition coefficient (Wildman–Crippen LogP) is 1.05. The Morgan fingerprint density at radius 1 is 1.25 bits per heavy atom. The van der Waals surface area contributed by atoms with Crippen LogP contribution in [0.4, 0.5) is 0 Å². The van der Waals surface area contributed by atoms with Gasteiger partial charge in [-0.25, -0.2) is 9.78 Å². The molecule has 1 aromatic heterocycles. The molecule has 0 aliphatic heterocycles. The summed E-state index contributed by atoms with van der Waals surface area (Å²) in [6.07, 6.45) is 3.71. The molecule has 1 heterocycles. The molecule has 0 saturated heterocycles. The van der Waals surface area contributed by atoms with Crippen molar-refractivity contribution in [3.8, 4) is 0 Å². The number of pyridine rings is 1. The number of fused-ring (bicyclic) bond motifs is 1. The van der Waals surface area contributed by atoms with Crippen molar-refractivity contribution in [3.63, 3.8) is 0 Å². The molecule has 4 heteroatoms. The number of aliphatic hydroxyl groups is 1. The van der Waals surface area contributed by atoms with Crippen molar-refractivity contribution in [1.29, 1.82) is 0 Å². The third-order valence-corrected chi connectivity index (χ3v) is 2.11. The van der Waals surface area contributed by atoms with Crippen LogP contribution in [0.1, 0.15) is 10.4 Å². The monoisotopic (exact) mass is 220 g/mol. The number of benzene rings is 1. The summed E-state index contributed by atoms with van der Waals surface area (Å²) >= 11 is 0. The van der Waals surface area contributed by atoms with E-state index in [1.165, 1.54) is 7.11 Å². The number of carbonyl (C=O) groups is 1. The third-order valence-electron chi connectivity index (χ3n) is 2.11. The summed E-state index contributed by atoms with van der Waals surface area (Å²) in [4.78, 5) is 14.2. The first-order valence-corrected chi connectivity index (χ1v) is 4.74. The van der Waals surface area contributed by atoms with E-state index in [1.54, 1.807) is 6.07 Å². The van der Waals surface area contributed by atoms with Gasteiger partial charge in [0.05, 0.1) is 12.7 Å². The maximum Gasteiger partial charge on any atom is 0.337 e. The van der Waals surface area contributed by atoms with Gasteiger partial charge in [0, 0.05) is 18.6 Å². The summed E-state index contributed by atoms with van der Waals surface area (Å²) in [5.41, 5.74) is 0.575. The maximum atomic E-state index is 11.2. The van der Waals surface area contributed by atoms with Gasteiger partial charge in [-0.15, -0.1) is 0 Å². The van der Waals surface area contributed by atoms with Gasteiger partial charge in [-0.2, -0.15) is 0 Å². The van der Waals surface area contributed by atoms with E-state index in [1.807, 2.05) is 30.6 Å². The Kier molecular flexibility index (Phi) is 4.42. The topological polar surface area (TPSA) is 60.7 Å². The van der Waals surface area contributed by atoms with Crippen LogP contribution in [0.3, 0.4) is 0 Å². The molecule has 0 atom stereocenters. The van der Waals surface area contributed by atoms with Crippen molar-refractivity contribution in [2.45, 2.75) is 0 Å². The number of nitrogens with one attached hydrogen (secondary N) is 1. The zero-order chi connectivity index (χ0) is 12.0. The summed E-state index contributed by atoms with van der Waals surface area (Å²) < 4.78 is 4.64. The SMILES string of the molecule is CO.COC(=O)c1ccc2c[nH+]ccc2c1. The Balaban J connectivity index is 0.000000606. The van der Waals surface area contributed by atoms with E-state index < -0.39 is 0 Å².